The molecule has 4 nitrogen and oxygen atoms in total. The molecular weight excluding hydrogens is 324 g/mol. The van der Waals surface area contributed by atoms with Gasteiger partial charge in [-0.1, -0.05) is 44.2 Å². The molecule has 0 saturated heterocycles. The molecule has 0 aliphatic rings. The maximum atomic E-state index is 12.8. The number of carbonyl (C=O) groups excluding carboxylic acids is 1. The third-order valence-electron chi connectivity index (χ3n) is 4.96. The Morgan fingerprint density at radius 2 is 1.85 bits per heavy atom. The molecule has 1 N–H and O–H groups in total. The van der Waals surface area contributed by atoms with Gasteiger partial charge in [0.15, 0.2) is 0 Å². The van der Waals surface area contributed by atoms with Crippen LogP contribution in [-0.2, 0) is 12.0 Å². The van der Waals surface area contributed by atoms with Crippen LogP contribution in [0.3, 0.4) is 0 Å². The predicted molar refractivity (Wildman–Crippen MR) is 104 cm³/mol. The lowest BCUT2D eigenvalue weighted by Gasteiger charge is -2.25. The average molecular weight is 350 g/mol. The van der Waals surface area contributed by atoms with E-state index in [1.165, 1.54) is 5.56 Å². The molecule has 0 aliphatic carbocycles. The highest BCUT2D eigenvalue weighted by Gasteiger charge is 2.23. The number of rotatable bonds is 6. The van der Waals surface area contributed by atoms with E-state index in [2.05, 4.69) is 35.9 Å². The van der Waals surface area contributed by atoms with Gasteiger partial charge in [0.2, 0.25) is 0 Å². The average Bonchev–Trinajstić information content (AvgIpc) is 3.24. The molecule has 3 rings (SSSR count). The van der Waals surface area contributed by atoms with Gasteiger partial charge in [-0.2, -0.15) is 0 Å². The molecule has 0 saturated carbocycles. The summed E-state index contributed by atoms with van der Waals surface area (Å²) in [5.74, 6) is 0.844. The Morgan fingerprint density at radius 1 is 1.12 bits per heavy atom. The minimum atomic E-state index is -0.128. The summed E-state index contributed by atoms with van der Waals surface area (Å²) in [6.07, 6.45) is 1.67. The van der Waals surface area contributed by atoms with E-state index in [9.17, 15) is 4.79 Å². The number of furan rings is 1. The number of benzene rings is 1. The van der Waals surface area contributed by atoms with Crippen molar-refractivity contribution >= 4 is 5.91 Å². The van der Waals surface area contributed by atoms with E-state index in [-0.39, 0.29) is 11.3 Å². The highest BCUT2D eigenvalue weighted by molar-refractivity contribution is 5.95. The van der Waals surface area contributed by atoms with E-state index < -0.39 is 0 Å². The summed E-state index contributed by atoms with van der Waals surface area (Å²) in [5, 5.41) is 3.10. The Kier molecular flexibility index (Phi) is 5.03. The van der Waals surface area contributed by atoms with Crippen molar-refractivity contribution in [3.05, 3.63) is 83.1 Å². The van der Waals surface area contributed by atoms with Crippen LogP contribution in [0.2, 0.25) is 0 Å². The Bertz CT molecular complexity index is 875. The Hall–Kier alpha value is -2.75. The number of aromatic nitrogens is 1. The van der Waals surface area contributed by atoms with Gasteiger partial charge in [0, 0.05) is 23.3 Å². The minimum absolute atomic E-state index is 0.0344. The van der Waals surface area contributed by atoms with Crippen molar-refractivity contribution in [2.24, 2.45) is 0 Å². The van der Waals surface area contributed by atoms with Crippen LogP contribution in [0.5, 0.6) is 0 Å². The van der Waals surface area contributed by atoms with Crippen molar-refractivity contribution in [1.82, 2.24) is 9.88 Å². The fraction of sp³-hybridized carbons (Fsp3) is 0.318. The van der Waals surface area contributed by atoms with E-state index >= 15 is 0 Å². The Labute approximate surface area is 154 Å². The van der Waals surface area contributed by atoms with E-state index in [0.29, 0.717) is 13.1 Å². The first kappa shape index (κ1) is 18.1. The van der Waals surface area contributed by atoms with Gasteiger partial charge in [0.25, 0.3) is 5.91 Å². The Morgan fingerprint density at radius 3 is 2.50 bits per heavy atom. The fourth-order valence-electron chi connectivity index (χ4n) is 3.22. The Balaban J connectivity index is 1.72. The predicted octanol–water partition coefficient (Wildman–Crippen LogP) is 4.45. The highest BCUT2D eigenvalue weighted by atomic mass is 16.3. The molecule has 0 radical (unpaired) electrons. The van der Waals surface area contributed by atoms with E-state index in [4.69, 9.17) is 4.42 Å². The van der Waals surface area contributed by atoms with Crippen LogP contribution in [0.1, 0.15) is 46.9 Å². The molecule has 2 aromatic heterocycles. The number of amides is 1. The van der Waals surface area contributed by atoms with Crippen LogP contribution >= 0.6 is 0 Å². The van der Waals surface area contributed by atoms with E-state index in [1.54, 1.807) is 6.26 Å². The van der Waals surface area contributed by atoms with Gasteiger partial charge in [-0.15, -0.1) is 0 Å². The number of nitrogens with one attached hydrogen (secondary N) is 1. The van der Waals surface area contributed by atoms with Crippen molar-refractivity contribution in [2.45, 2.75) is 39.7 Å². The molecule has 0 unspecified atom stereocenters. The lowest BCUT2D eigenvalue weighted by Crippen LogP contribution is -2.36. The first-order valence-corrected chi connectivity index (χ1v) is 8.91. The summed E-state index contributed by atoms with van der Waals surface area (Å²) in [6, 6.07) is 16.0. The largest absolute Gasteiger partial charge is 0.467 e. The molecule has 1 amide bonds. The molecule has 0 spiro atoms. The smallest absolute Gasteiger partial charge is 0.253 e. The van der Waals surface area contributed by atoms with Crippen LogP contribution in [-0.4, -0.2) is 17.0 Å². The third kappa shape index (κ3) is 3.74. The summed E-state index contributed by atoms with van der Waals surface area (Å²) in [4.78, 5) is 12.8. The van der Waals surface area contributed by atoms with Crippen molar-refractivity contribution in [3.63, 3.8) is 0 Å². The van der Waals surface area contributed by atoms with Gasteiger partial charge in [0.05, 0.1) is 18.4 Å². The number of hydrogen-bond donors (Lipinski definition) is 1. The second-order valence-corrected chi connectivity index (χ2v) is 7.38. The molecule has 26 heavy (non-hydrogen) atoms. The normalized spacial score (nSPS) is 11.5. The standard InChI is InChI=1S/C22H26N2O2/c1-16-13-20(17(2)24(16)14-19-11-8-12-26-19)21(25)23-15-22(3,4)18-9-6-5-7-10-18/h5-13H,14-15H2,1-4H3,(H,23,25). The SMILES string of the molecule is Cc1cc(C(=O)NCC(C)(C)c2ccccc2)c(C)n1Cc1ccco1. The monoisotopic (exact) mass is 350 g/mol. The van der Waals surface area contributed by atoms with Crippen LogP contribution in [0.25, 0.3) is 0 Å². The first-order valence-electron chi connectivity index (χ1n) is 8.91. The number of carbonyl (C=O) groups is 1. The quantitative estimate of drug-likeness (QED) is 0.714. The second kappa shape index (κ2) is 7.24. The molecule has 4 heteroatoms. The molecule has 136 valence electrons. The molecule has 3 aromatic rings. The van der Waals surface area contributed by atoms with Crippen molar-refractivity contribution in [1.29, 1.82) is 0 Å². The topological polar surface area (TPSA) is 47.2 Å². The molecule has 0 fully saturated rings. The van der Waals surface area contributed by atoms with E-state index in [0.717, 1.165) is 22.7 Å². The van der Waals surface area contributed by atoms with E-state index in [1.807, 2.05) is 50.2 Å². The molecule has 0 bridgehead atoms. The van der Waals surface area contributed by atoms with Gasteiger partial charge in [-0.25, -0.2) is 0 Å². The second-order valence-electron chi connectivity index (χ2n) is 7.38. The highest BCUT2D eigenvalue weighted by Crippen LogP contribution is 2.22. The maximum Gasteiger partial charge on any atom is 0.253 e. The van der Waals surface area contributed by atoms with Crippen molar-refractivity contribution in [2.75, 3.05) is 6.54 Å². The minimum Gasteiger partial charge on any atom is -0.467 e. The van der Waals surface area contributed by atoms with Gasteiger partial charge in [-0.05, 0) is 37.6 Å². The van der Waals surface area contributed by atoms with Crippen molar-refractivity contribution in [3.8, 4) is 0 Å². The van der Waals surface area contributed by atoms with Crippen molar-refractivity contribution < 1.29 is 9.21 Å². The summed E-state index contributed by atoms with van der Waals surface area (Å²) in [5.41, 5.74) is 3.80. The van der Waals surface area contributed by atoms with Gasteiger partial charge in [-0.3, -0.25) is 4.79 Å². The number of nitrogens with zero attached hydrogens (tertiary/aromatic N) is 1. The van der Waals surface area contributed by atoms with Gasteiger partial charge in [0.1, 0.15) is 5.76 Å². The lowest BCUT2D eigenvalue weighted by molar-refractivity contribution is 0.0945. The number of hydrogen-bond acceptors (Lipinski definition) is 2. The fourth-order valence-corrected chi connectivity index (χ4v) is 3.22. The zero-order chi connectivity index (χ0) is 18.7. The number of aryl methyl sites for hydroxylation is 1. The maximum absolute atomic E-state index is 12.8. The zero-order valence-corrected chi connectivity index (χ0v) is 15.9. The zero-order valence-electron chi connectivity index (χ0n) is 15.9. The van der Waals surface area contributed by atoms with Crippen LogP contribution in [0, 0.1) is 13.8 Å². The summed E-state index contributed by atoms with van der Waals surface area (Å²) in [6.45, 7) is 9.49. The molecular formula is C22H26N2O2. The molecule has 1 aromatic carbocycles. The van der Waals surface area contributed by atoms with Gasteiger partial charge >= 0.3 is 0 Å². The third-order valence-corrected chi connectivity index (χ3v) is 4.96. The summed E-state index contributed by atoms with van der Waals surface area (Å²) in [7, 11) is 0. The van der Waals surface area contributed by atoms with Gasteiger partial charge < -0.3 is 14.3 Å². The van der Waals surface area contributed by atoms with Crippen LogP contribution in [0.15, 0.2) is 59.2 Å². The van der Waals surface area contributed by atoms with Crippen LogP contribution in [0.4, 0.5) is 0 Å². The summed E-state index contributed by atoms with van der Waals surface area (Å²) >= 11 is 0. The molecule has 0 aliphatic heterocycles. The molecule has 0 atom stereocenters. The van der Waals surface area contributed by atoms with Crippen LogP contribution < -0.4 is 5.32 Å². The summed E-state index contributed by atoms with van der Waals surface area (Å²) < 4.78 is 7.54. The molecule has 2 heterocycles. The first-order chi connectivity index (χ1) is 12.4. The lowest BCUT2D eigenvalue weighted by atomic mass is 9.84.